The lowest BCUT2D eigenvalue weighted by Gasteiger charge is -2.09. The summed E-state index contributed by atoms with van der Waals surface area (Å²) in [6.07, 6.45) is -4.49. The van der Waals surface area contributed by atoms with Gasteiger partial charge in [-0.15, -0.1) is 0 Å². The summed E-state index contributed by atoms with van der Waals surface area (Å²) in [5.41, 5.74) is 5.42. The predicted octanol–water partition coefficient (Wildman–Crippen LogP) is 0.149. The molecule has 124 valence electrons. The number of primary amides is 1. The van der Waals surface area contributed by atoms with E-state index < -0.39 is 48.3 Å². The van der Waals surface area contributed by atoms with Crippen molar-refractivity contribution in [1.29, 1.82) is 0 Å². The smallest absolute Gasteiger partial charge is 0.411 e. The number of carbonyl (C=O) groups is 2. The molecular formula is C10H13F3N4O5. The Hall–Kier alpha value is -2.34. The number of alkyl halides is 3. The van der Waals surface area contributed by atoms with Gasteiger partial charge in [0.1, 0.15) is 12.3 Å². The van der Waals surface area contributed by atoms with E-state index >= 15 is 0 Å². The predicted molar refractivity (Wildman–Crippen MR) is 64.4 cm³/mol. The van der Waals surface area contributed by atoms with Crippen molar-refractivity contribution in [2.75, 3.05) is 25.8 Å². The molecule has 0 aliphatic carbocycles. The number of nitrogens with two attached hydrogens (primary N) is 1. The van der Waals surface area contributed by atoms with Crippen LogP contribution in [-0.4, -0.2) is 53.4 Å². The van der Waals surface area contributed by atoms with Crippen molar-refractivity contribution in [3.63, 3.8) is 0 Å². The van der Waals surface area contributed by atoms with Crippen LogP contribution in [0.15, 0.2) is 0 Å². The van der Waals surface area contributed by atoms with Gasteiger partial charge in [-0.25, -0.2) is 4.79 Å². The molecule has 12 heteroatoms. The van der Waals surface area contributed by atoms with Gasteiger partial charge in [0.25, 0.3) is 5.91 Å². The third kappa shape index (κ3) is 4.33. The topological polar surface area (TPSA) is 129 Å². The van der Waals surface area contributed by atoms with Gasteiger partial charge in [-0.3, -0.25) is 20.2 Å². The van der Waals surface area contributed by atoms with E-state index in [1.54, 1.807) is 5.48 Å². The second-order valence-corrected chi connectivity index (χ2v) is 3.93. The van der Waals surface area contributed by atoms with Crippen LogP contribution in [0.3, 0.4) is 0 Å². The lowest BCUT2D eigenvalue weighted by molar-refractivity contribution is -0.174. The van der Waals surface area contributed by atoms with E-state index in [0.29, 0.717) is 0 Å². The van der Waals surface area contributed by atoms with Gasteiger partial charge in [-0.1, -0.05) is 0 Å². The summed E-state index contributed by atoms with van der Waals surface area (Å²) in [7, 11) is 1.04. The molecule has 1 aromatic heterocycles. The Morgan fingerprint density at radius 2 is 2.09 bits per heavy atom. The molecule has 1 aromatic rings. The van der Waals surface area contributed by atoms with Gasteiger partial charge in [0, 0.05) is 0 Å². The molecule has 1 rings (SSSR count). The monoisotopic (exact) mass is 326 g/mol. The molecule has 1 amide bonds. The van der Waals surface area contributed by atoms with E-state index in [0.717, 1.165) is 11.8 Å². The maximum Gasteiger partial charge on any atom is 0.411 e. The molecule has 0 spiro atoms. The Bertz CT molecular complexity index is 557. The van der Waals surface area contributed by atoms with Crippen LogP contribution in [0.25, 0.3) is 0 Å². The van der Waals surface area contributed by atoms with E-state index in [2.05, 4.69) is 14.6 Å². The Morgan fingerprint density at radius 1 is 1.45 bits per heavy atom. The highest BCUT2D eigenvalue weighted by Gasteiger charge is 2.28. The van der Waals surface area contributed by atoms with Crippen LogP contribution < -0.4 is 11.2 Å². The van der Waals surface area contributed by atoms with Gasteiger partial charge in [0.15, 0.2) is 11.4 Å². The number of hydrogen-bond acceptors (Lipinski definition) is 7. The molecule has 0 saturated carbocycles. The van der Waals surface area contributed by atoms with E-state index in [4.69, 9.17) is 10.9 Å². The number of anilines is 1. The molecule has 0 bridgehead atoms. The fourth-order valence-corrected chi connectivity index (χ4v) is 1.56. The van der Waals surface area contributed by atoms with Crippen molar-refractivity contribution >= 4 is 17.6 Å². The van der Waals surface area contributed by atoms with Gasteiger partial charge in [-0.2, -0.15) is 18.3 Å². The lowest BCUT2D eigenvalue weighted by Crippen LogP contribution is -2.23. The molecule has 1 heterocycles. The average molecular weight is 326 g/mol. The van der Waals surface area contributed by atoms with E-state index in [1.807, 2.05) is 0 Å². The zero-order valence-electron chi connectivity index (χ0n) is 11.3. The Balaban J connectivity index is 2.96. The van der Waals surface area contributed by atoms with Gasteiger partial charge < -0.3 is 15.2 Å². The summed E-state index contributed by atoms with van der Waals surface area (Å²) >= 11 is 0. The van der Waals surface area contributed by atoms with Crippen LogP contribution in [0, 0.1) is 0 Å². The highest BCUT2D eigenvalue weighted by Crippen LogP contribution is 2.21. The summed E-state index contributed by atoms with van der Waals surface area (Å²) in [6, 6.07) is 0. The maximum atomic E-state index is 11.9. The Labute approximate surface area is 121 Å². The lowest BCUT2D eigenvalue weighted by atomic mass is 10.3. The SMILES string of the molecule is COC(=O)c1nn(CCOCC(F)(F)F)c(C(N)=O)c1NO. The molecule has 0 aliphatic heterocycles. The fraction of sp³-hybridized carbons (Fsp3) is 0.500. The molecule has 0 fully saturated rings. The van der Waals surface area contributed by atoms with Gasteiger partial charge in [0.2, 0.25) is 0 Å². The number of esters is 1. The van der Waals surface area contributed by atoms with Crippen molar-refractivity contribution < 1.29 is 37.4 Å². The maximum absolute atomic E-state index is 11.9. The minimum atomic E-state index is -4.49. The number of halogens is 3. The minimum absolute atomic E-state index is 0.306. The molecule has 0 aliphatic rings. The van der Waals surface area contributed by atoms with Crippen LogP contribution in [0.4, 0.5) is 18.9 Å². The molecule has 9 nitrogen and oxygen atoms in total. The number of carbonyl (C=O) groups excluding carboxylic acids is 2. The first-order chi connectivity index (χ1) is 10.2. The number of nitrogens with one attached hydrogen (secondary N) is 1. The molecule has 0 atom stereocenters. The van der Waals surface area contributed by atoms with Crippen molar-refractivity contribution in [3.05, 3.63) is 11.4 Å². The van der Waals surface area contributed by atoms with Crippen molar-refractivity contribution in [1.82, 2.24) is 9.78 Å². The van der Waals surface area contributed by atoms with Gasteiger partial charge >= 0.3 is 12.1 Å². The summed E-state index contributed by atoms with van der Waals surface area (Å²) in [6.45, 7) is -2.23. The average Bonchev–Trinajstić information content (AvgIpc) is 2.80. The molecule has 0 unspecified atom stereocenters. The van der Waals surface area contributed by atoms with Crippen molar-refractivity contribution in [2.24, 2.45) is 5.73 Å². The zero-order chi connectivity index (χ0) is 16.9. The van der Waals surface area contributed by atoms with Crippen LogP contribution in [0.5, 0.6) is 0 Å². The summed E-state index contributed by atoms with van der Waals surface area (Å²) < 4.78 is 45.4. The van der Waals surface area contributed by atoms with Crippen LogP contribution in [0.1, 0.15) is 21.0 Å². The highest BCUT2D eigenvalue weighted by atomic mass is 19.4. The molecule has 0 saturated heterocycles. The first kappa shape index (κ1) is 17.7. The van der Waals surface area contributed by atoms with Crippen LogP contribution >= 0.6 is 0 Å². The number of amides is 1. The minimum Gasteiger partial charge on any atom is -0.464 e. The molecule has 0 aromatic carbocycles. The standard InChI is InChI=1S/C10H13F3N4O5/c1-21-9(19)6-5(16-20)7(8(14)18)17(15-6)2-3-22-4-10(11,12)13/h16,20H,2-4H2,1H3,(H2,14,18). The third-order valence-electron chi connectivity index (χ3n) is 2.39. The van der Waals surface area contributed by atoms with Crippen LogP contribution in [-0.2, 0) is 16.0 Å². The largest absolute Gasteiger partial charge is 0.464 e. The van der Waals surface area contributed by atoms with Gasteiger partial charge in [-0.05, 0) is 0 Å². The summed E-state index contributed by atoms with van der Waals surface area (Å²) in [5, 5.41) is 12.6. The van der Waals surface area contributed by atoms with Crippen molar-refractivity contribution in [2.45, 2.75) is 12.7 Å². The van der Waals surface area contributed by atoms with E-state index in [9.17, 15) is 22.8 Å². The zero-order valence-corrected chi connectivity index (χ0v) is 11.3. The van der Waals surface area contributed by atoms with E-state index in [-0.39, 0.29) is 6.54 Å². The Morgan fingerprint density at radius 3 is 2.55 bits per heavy atom. The third-order valence-corrected chi connectivity index (χ3v) is 2.39. The first-order valence-corrected chi connectivity index (χ1v) is 5.74. The molecule has 0 radical (unpaired) electrons. The molecular weight excluding hydrogens is 313 g/mol. The normalized spacial score (nSPS) is 11.3. The fourth-order valence-electron chi connectivity index (χ4n) is 1.56. The number of aromatic nitrogens is 2. The Kier molecular flexibility index (Phi) is 5.70. The number of methoxy groups -OCH3 is 1. The highest BCUT2D eigenvalue weighted by molar-refractivity contribution is 6.03. The molecule has 22 heavy (non-hydrogen) atoms. The number of ether oxygens (including phenoxy) is 2. The molecule has 4 N–H and O–H groups in total. The van der Waals surface area contributed by atoms with Crippen molar-refractivity contribution in [3.8, 4) is 0 Å². The number of rotatable bonds is 7. The summed E-state index contributed by atoms with van der Waals surface area (Å²) in [4.78, 5) is 22.8. The number of hydrogen-bond donors (Lipinski definition) is 3. The first-order valence-electron chi connectivity index (χ1n) is 5.74. The van der Waals surface area contributed by atoms with E-state index in [1.165, 1.54) is 0 Å². The van der Waals surface area contributed by atoms with Crippen LogP contribution in [0.2, 0.25) is 0 Å². The summed E-state index contributed by atoms with van der Waals surface area (Å²) in [5.74, 6) is -2.04. The number of nitrogens with zero attached hydrogens (tertiary/aromatic N) is 2. The second-order valence-electron chi connectivity index (χ2n) is 3.93. The second kappa shape index (κ2) is 7.09. The van der Waals surface area contributed by atoms with Gasteiger partial charge in [0.05, 0.1) is 20.3 Å². The quantitative estimate of drug-likeness (QED) is 0.369.